The quantitative estimate of drug-likeness (QED) is 0.584. The number of amides is 2. The van der Waals surface area contributed by atoms with Gasteiger partial charge in [0.25, 0.3) is 11.8 Å². The molecule has 2 aromatic carbocycles. The van der Waals surface area contributed by atoms with E-state index in [2.05, 4.69) is 16.2 Å². The van der Waals surface area contributed by atoms with E-state index in [0.717, 1.165) is 11.4 Å². The van der Waals surface area contributed by atoms with Gasteiger partial charge in [0, 0.05) is 11.4 Å². The highest BCUT2D eigenvalue weighted by molar-refractivity contribution is 5.96. The molecule has 7 nitrogen and oxygen atoms in total. The molecule has 27 heavy (non-hydrogen) atoms. The standard InChI is InChI=1S/C20H19N3O4/c1-14-18(11-12-26-14)20(25)23-22-19(24)13-27-17-9-7-16(8-10-17)21-15-5-3-2-4-6-15/h2-12,21H,13H2,1H3,(H,22,24)(H,23,25). The molecule has 0 aliphatic rings. The molecule has 0 unspecified atom stereocenters. The Bertz CT molecular complexity index is 904. The van der Waals surface area contributed by atoms with Gasteiger partial charge in [0.15, 0.2) is 6.61 Å². The summed E-state index contributed by atoms with van der Waals surface area (Å²) >= 11 is 0. The Hall–Kier alpha value is -3.74. The van der Waals surface area contributed by atoms with Gasteiger partial charge in [-0.3, -0.25) is 20.4 Å². The van der Waals surface area contributed by atoms with Crippen LogP contribution >= 0.6 is 0 Å². The minimum atomic E-state index is -0.476. The number of hydrazine groups is 1. The van der Waals surface area contributed by atoms with Crippen molar-refractivity contribution in [2.24, 2.45) is 0 Å². The van der Waals surface area contributed by atoms with Crippen molar-refractivity contribution in [3.63, 3.8) is 0 Å². The second-order valence-electron chi connectivity index (χ2n) is 5.70. The SMILES string of the molecule is Cc1occc1C(=O)NNC(=O)COc1ccc(Nc2ccccc2)cc1. The van der Waals surface area contributed by atoms with E-state index in [4.69, 9.17) is 9.15 Å². The zero-order valence-electron chi connectivity index (χ0n) is 14.7. The number of rotatable bonds is 6. The van der Waals surface area contributed by atoms with Gasteiger partial charge in [-0.1, -0.05) is 18.2 Å². The largest absolute Gasteiger partial charge is 0.484 e. The van der Waals surface area contributed by atoms with E-state index in [1.165, 1.54) is 12.3 Å². The van der Waals surface area contributed by atoms with Crippen molar-refractivity contribution >= 4 is 23.2 Å². The minimum Gasteiger partial charge on any atom is -0.484 e. The molecule has 1 heterocycles. The van der Waals surface area contributed by atoms with Crippen LogP contribution in [-0.4, -0.2) is 18.4 Å². The molecule has 7 heteroatoms. The summed E-state index contributed by atoms with van der Waals surface area (Å²) in [5.74, 6) is 0.0879. The van der Waals surface area contributed by atoms with Crippen molar-refractivity contribution < 1.29 is 18.7 Å². The first-order valence-electron chi connectivity index (χ1n) is 8.30. The Kier molecular flexibility index (Phi) is 5.73. The molecular weight excluding hydrogens is 346 g/mol. The van der Waals surface area contributed by atoms with Crippen LogP contribution in [0.1, 0.15) is 16.1 Å². The Morgan fingerprint density at radius 3 is 2.30 bits per heavy atom. The van der Waals surface area contributed by atoms with Crippen LogP contribution in [0.15, 0.2) is 71.3 Å². The molecule has 0 spiro atoms. The normalized spacial score (nSPS) is 10.1. The van der Waals surface area contributed by atoms with Gasteiger partial charge in [0.1, 0.15) is 11.5 Å². The monoisotopic (exact) mass is 365 g/mol. The number of para-hydroxylation sites is 1. The van der Waals surface area contributed by atoms with Crippen LogP contribution in [0.3, 0.4) is 0 Å². The summed E-state index contributed by atoms with van der Waals surface area (Å²) in [7, 11) is 0. The molecule has 2 amide bonds. The third-order valence-electron chi connectivity index (χ3n) is 3.71. The molecule has 0 aliphatic heterocycles. The molecule has 0 atom stereocenters. The molecular formula is C20H19N3O4. The first-order chi connectivity index (χ1) is 13.1. The highest BCUT2D eigenvalue weighted by Gasteiger charge is 2.12. The molecule has 3 rings (SSSR count). The summed E-state index contributed by atoms with van der Waals surface area (Å²) in [4.78, 5) is 23.7. The third-order valence-corrected chi connectivity index (χ3v) is 3.71. The molecule has 0 bridgehead atoms. The fraction of sp³-hybridized carbons (Fsp3) is 0.100. The van der Waals surface area contributed by atoms with Crippen molar-refractivity contribution in [1.82, 2.24) is 10.9 Å². The van der Waals surface area contributed by atoms with Gasteiger partial charge >= 0.3 is 0 Å². The predicted octanol–water partition coefficient (Wildman–Crippen LogP) is 3.17. The van der Waals surface area contributed by atoms with E-state index >= 15 is 0 Å². The molecule has 0 saturated carbocycles. The number of aryl methyl sites for hydroxylation is 1. The first-order valence-corrected chi connectivity index (χ1v) is 8.30. The maximum Gasteiger partial charge on any atom is 0.276 e. The first kappa shape index (κ1) is 18.1. The lowest BCUT2D eigenvalue weighted by atomic mass is 10.2. The van der Waals surface area contributed by atoms with Crippen LogP contribution in [0.4, 0.5) is 11.4 Å². The van der Waals surface area contributed by atoms with Crippen LogP contribution in [0.5, 0.6) is 5.75 Å². The van der Waals surface area contributed by atoms with Crippen LogP contribution in [0.25, 0.3) is 0 Å². The van der Waals surface area contributed by atoms with Crippen LogP contribution in [0, 0.1) is 6.92 Å². The van der Waals surface area contributed by atoms with Gasteiger partial charge in [-0.15, -0.1) is 0 Å². The Morgan fingerprint density at radius 1 is 0.926 bits per heavy atom. The van der Waals surface area contributed by atoms with E-state index in [1.807, 2.05) is 42.5 Å². The number of ether oxygens (including phenoxy) is 1. The average molecular weight is 365 g/mol. The number of nitrogens with one attached hydrogen (secondary N) is 3. The van der Waals surface area contributed by atoms with Gasteiger partial charge in [-0.05, 0) is 49.4 Å². The van der Waals surface area contributed by atoms with Gasteiger partial charge in [-0.25, -0.2) is 0 Å². The summed E-state index contributed by atoms with van der Waals surface area (Å²) in [6.45, 7) is 1.44. The number of benzene rings is 2. The lowest BCUT2D eigenvalue weighted by molar-refractivity contribution is -0.123. The molecule has 0 radical (unpaired) electrons. The second kappa shape index (κ2) is 8.57. The summed E-state index contributed by atoms with van der Waals surface area (Å²) in [5.41, 5.74) is 6.85. The average Bonchev–Trinajstić information content (AvgIpc) is 3.12. The molecule has 1 aromatic heterocycles. The number of anilines is 2. The molecule has 0 saturated heterocycles. The number of hydrogen-bond donors (Lipinski definition) is 3. The fourth-order valence-electron chi connectivity index (χ4n) is 2.32. The maximum absolute atomic E-state index is 11.9. The number of hydrogen-bond acceptors (Lipinski definition) is 5. The van der Waals surface area contributed by atoms with Crippen LogP contribution in [-0.2, 0) is 4.79 Å². The molecule has 3 aromatic rings. The Balaban J connectivity index is 1.43. The second-order valence-corrected chi connectivity index (χ2v) is 5.70. The summed E-state index contributed by atoms with van der Waals surface area (Å²) in [6, 6.07) is 18.5. The highest BCUT2D eigenvalue weighted by atomic mass is 16.5. The van der Waals surface area contributed by atoms with E-state index < -0.39 is 11.8 Å². The van der Waals surface area contributed by atoms with E-state index in [9.17, 15) is 9.59 Å². The van der Waals surface area contributed by atoms with Crippen molar-refractivity contribution in [3.05, 3.63) is 78.3 Å². The number of furan rings is 1. The molecule has 3 N–H and O–H groups in total. The zero-order chi connectivity index (χ0) is 19.1. The number of carbonyl (C=O) groups is 2. The summed E-state index contributed by atoms with van der Waals surface area (Å²) in [6.07, 6.45) is 1.41. The summed E-state index contributed by atoms with van der Waals surface area (Å²) < 4.78 is 10.5. The third kappa shape index (κ3) is 5.12. The topological polar surface area (TPSA) is 92.6 Å². The predicted molar refractivity (Wildman–Crippen MR) is 101 cm³/mol. The zero-order valence-corrected chi connectivity index (χ0v) is 14.7. The van der Waals surface area contributed by atoms with Gasteiger partial charge < -0.3 is 14.5 Å². The van der Waals surface area contributed by atoms with Gasteiger partial charge in [-0.2, -0.15) is 0 Å². The summed E-state index contributed by atoms with van der Waals surface area (Å²) in [5, 5.41) is 3.26. The van der Waals surface area contributed by atoms with Crippen molar-refractivity contribution in [2.75, 3.05) is 11.9 Å². The Morgan fingerprint density at radius 2 is 1.63 bits per heavy atom. The fourth-order valence-corrected chi connectivity index (χ4v) is 2.32. The van der Waals surface area contributed by atoms with Crippen molar-refractivity contribution in [3.8, 4) is 5.75 Å². The van der Waals surface area contributed by atoms with Crippen LogP contribution < -0.4 is 20.9 Å². The molecule has 138 valence electrons. The van der Waals surface area contributed by atoms with Crippen LogP contribution in [0.2, 0.25) is 0 Å². The molecule has 0 aliphatic carbocycles. The van der Waals surface area contributed by atoms with Gasteiger partial charge in [0.2, 0.25) is 0 Å². The van der Waals surface area contributed by atoms with Gasteiger partial charge in [0.05, 0.1) is 11.8 Å². The maximum atomic E-state index is 11.9. The number of carbonyl (C=O) groups excluding carboxylic acids is 2. The molecule has 0 fully saturated rings. The highest BCUT2D eigenvalue weighted by Crippen LogP contribution is 2.19. The van der Waals surface area contributed by atoms with E-state index in [-0.39, 0.29) is 6.61 Å². The van der Waals surface area contributed by atoms with Crippen molar-refractivity contribution in [1.29, 1.82) is 0 Å². The minimum absolute atomic E-state index is 0.226. The lowest BCUT2D eigenvalue weighted by Gasteiger charge is -2.10. The van der Waals surface area contributed by atoms with E-state index in [0.29, 0.717) is 17.1 Å². The lowest BCUT2D eigenvalue weighted by Crippen LogP contribution is -2.43. The Labute approximate surface area is 156 Å². The van der Waals surface area contributed by atoms with Crippen molar-refractivity contribution in [2.45, 2.75) is 6.92 Å². The smallest absolute Gasteiger partial charge is 0.276 e. The van der Waals surface area contributed by atoms with E-state index in [1.54, 1.807) is 19.1 Å².